The molecule has 2 amide bonds. The molecule has 0 aromatic carbocycles. The average molecular weight is 265 g/mol. The van der Waals surface area contributed by atoms with Crippen LogP contribution in [0.15, 0.2) is 0 Å². The number of carbonyl (C=O) groups excluding carboxylic acids is 2. The molecular weight excluding hydrogens is 242 g/mol. The largest absolute Gasteiger partial charge is 0.393 e. The van der Waals surface area contributed by atoms with Gasteiger partial charge in [-0.25, -0.2) is 0 Å². The van der Waals surface area contributed by atoms with Gasteiger partial charge in [-0.2, -0.15) is 0 Å². The second-order valence-electron chi connectivity index (χ2n) is 6.75. The molecular formula is C15H23NO3. The van der Waals surface area contributed by atoms with Crippen LogP contribution in [0, 0.1) is 23.7 Å². The quantitative estimate of drug-likeness (QED) is 0.771. The first-order valence-corrected chi connectivity index (χ1v) is 7.59. The first kappa shape index (κ1) is 13.1. The van der Waals surface area contributed by atoms with E-state index < -0.39 is 0 Å². The van der Waals surface area contributed by atoms with Crippen molar-refractivity contribution in [3.8, 4) is 0 Å². The van der Waals surface area contributed by atoms with Crippen LogP contribution in [-0.2, 0) is 9.59 Å². The number of carbonyl (C=O) groups is 2. The second kappa shape index (κ2) is 4.89. The van der Waals surface area contributed by atoms with Crippen LogP contribution in [0.1, 0.15) is 45.4 Å². The minimum Gasteiger partial charge on any atom is -0.393 e. The van der Waals surface area contributed by atoms with Crippen LogP contribution in [0.3, 0.4) is 0 Å². The Bertz CT molecular complexity index is 363. The third kappa shape index (κ3) is 2.31. The van der Waals surface area contributed by atoms with Gasteiger partial charge in [0.15, 0.2) is 0 Å². The highest BCUT2D eigenvalue weighted by Gasteiger charge is 2.51. The molecule has 3 fully saturated rings. The number of nitrogens with zero attached hydrogens (tertiary/aromatic N) is 1. The summed E-state index contributed by atoms with van der Waals surface area (Å²) in [5.41, 5.74) is 0. The van der Waals surface area contributed by atoms with Gasteiger partial charge in [0, 0.05) is 6.54 Å². The van der Waals surface area contributed by atoms with Gasteiger partial charge in [-0.1, -0.05) is 6.92 Å². The van der Waals surface area contributed by atoms with Gasteiger partial charge in [-0.15, -0.1) is 0 Å². The number of amides is 2. The fraction of sp³-hybridized carbons (Fsp3) is 0.867. The van der Waals surface area contributed by atoms with Gasteiger partial charge in [0.25, 0.3) is 0 Å². The van der Waals surface area contributed by atoms with Crippen molar-refractivity contribution < 1.29 is 14.7 Å². The molecule has 4 nitrogen and oxygen atoms in total. The molecule has 19 heavy (non-hydrogen) atoms. The highest BCUT2D eigenvalue weighted by atomic mass is 16.3. The average Bonchev–Trinajstić information content (AvgIpc) is 2.86. The lowest BCUT2D eigenvalue weighted by Gasteiger charge is -2.28. The van der Waals surface area contributed by atoms with Crippen LogP contribution in [0.2, 0.25) is 0 Å². The normalized spacial score (nSPS) is 42.8. The molecule has 1 saturated heterocycles. The monoisotopic (exact) mass is 265 g/mol. The highest BCUT2D eigenvalue weighted by Crippen LogP contribution is 2.43. The Balaban J connectivity index is 1.63. The van der Waals surface area contributed by atoms with Crippen LogP contribution >= 0.6 is 0 Å². The summed E-state index contributed by atoms with van der Waals surface area (Å²) in [6.45, 7) is 2.72. The van der Waals surface area contributed by atoms with Crippen LogP contribution in [0.25, 0.3) is 0 Å². The lowest BCUT2D eigenvalue weighted by molar-refractivity contribution is -0.141. The summed E-state index contributed by atoms with van der Waals surface area (Å²) in [6, 6.07) is 0. The molecule has 1 aliphatic heterocycles. The van der Waals surface area contributed by atoms with Gasteiger partial charge >= 0.3 is 0 Å². The van der Waals surface area contributed by atoms with Gasteiger partial charge < -0.3 is 5.11 Å². The third-order valence-corrected chi connectivity index (χ3v) is 5.22. The zero-order valence-corrected chi connectivity index (χ0v) is 11.5. The number of aliphatic hydroxyl groups is 1. The van der Waals surface area contributed by atoms with Gasteiger partial charge in [-0.3, -0.25) is 14.5 Å². The number of hydrogen-bond acceptors (Lipinski definition) is 3. The molecule has 0 spiro atoms. The number of fused-ring (bicyclic) bond motifs is 1. The van der Waals surface area contributed by atoms with E-state index in [1.165, 1.54) is 4.90 Å². The number of hydrogen-bond donors (Lipinski definition) is 1. The molecule has 0 radical (unpaired) electrons. The fourth-order valence-electron chi connectivity index (χ4n) is 4.11. The fourth-order valence-corrected chi connectivity index (χ4v) is 4.11. The zero-order valence-electron chi connectivity index (χ0n) is 11.5. The van der Waals surface area contributed by atoms with Crippen LogP contribution in [0.5, 0.6) is 0 Å². The van der Waals surface area contributed by atoms with Gasteiger partial charge in [0.05, 0.1) is 17.9 Å². The molecule has 1 heterocycles. The van der Waals surface area contributed by atoms with Crippen LogP contribution in [0.4, 0.5) is 0 Å². The van der Waals surface area contributed by atoms with Crippen molar-refractivity contribution in [2.45, 2.75) is 51.6 Å². The SMILES string of the molecule is CC1CC2C(=O)N(CC3CCC(O)CC3)C(=O)C2C1. The maximum atomic E-state index is 12.3. The van der Waals surface area contributed by atoms with E-state index in [4.69, 9.17) is 0 Å². The number of imide groups is 1. The summed E-state index contributed by atoms with van der Waals surface area (Å²) in [6.07, 6.45) is 5.08. The summed E-state index contributed by atoms with van der Waals surface area (Å²) < 4.78 is 0. The summed E-state index contributed by atoms with van der Waals surface area (Å²) in [4.78, 5) is 26.2. The van der Waals surface area contributed by atoms with E-state index in [0.717, 1.165) is 38.5 Å². The standard InChI is InChI=1S/C15H23NO3/c1-9-6-12-13(7-9)15(19)16(14(12)18)8-10-2-4-11(17)5-3-10/h9-13,17H,2-8H2,1H3. The molecule has 3 rings (SSSR count). The van der Waals surface area contributed by atoms with E-state index in [1.54, 1.807) is 0 Å². The predicted molar refractivity (Wildman–Crippen MR) is 70.1 cm³/mol. The van der Waals surface area contributed by atoms with Crippen LogP contribution < -0.4 is 0 Å². The van der Waals surface area contributed by atoms with E-state index in [0.29, 0.717) is 18.4 Å². The Kier molecular flexibility index (Phi) is 3.37. The smallest absolute Gasteiger partial charge is 0.233 e. The molecule has 2 saturated carbocycles. The Morgan fingerprint density at radius 2 is 1.58 bits per heavy atom. The number of rotatable bonds is 2. The second-order valence-corrected chi connectivity index (χ2v) is 6.75. The van der Waals surface area contributed by atoms with Crippen molar-refractivity contribution in [3.05, 3.63) is 0 Å². The Morgan fingerprint density at radius 1 is 1.05 bits per heavy atom. The minimum atomic E-state index is -0.179. The Labute approximate surface area is 114 Å². The van der Waals surface area contributed by atoms with E-state index in [2.05, 4.69) is 6.92 Å². The van der Waals surface area contributed by atoms with E-state index >= 15 is 0 Å². The number of likely N-dealkylation sites (tertiary alicyclic amines) is 1. The zero-order chi connectivity index (χ0) is 13.6. The molecule has 2 unspecified atom stereocenters. The van der Waals surface area contributed by atoms with Crippen molar-refractivity contribution in [2.75, 3.05) is 6.54 Å². The van der Waals surface area contributed by atoms with Gasteiger partial charge in [0.2, 0.25) is 11.8 Å². The highest BCUT2D eigenvalue weighted by molar-refractivity contribution is 6.05. The summed E-state index contributed by atoms with van der Waals surface area (Å²) in [5, 5.41) is 9.50. The van der Waals surface area contributed by atoms with Crippen molar-refractivity contribution in [3.63, 3.8) is 0 Å². The maximum absolute atomic E-state index is 12.3. The lowest BCUT2D eigenvalue weighted by atomic mass is 9.87. The van der Waals surface area contributed by atoms with Crippen molar-refractivity contribution in [2.24, 2.45) is 23.7 Å². The van der Waals surface area contributed by atoms with Crippen molar-refractivity contribution >= 4 is 11.8 Å². The Morgan fingerprint density at radius 3 is 2.11 bits per heavy atom. The topological polar surface area (TPSA) is 57.6 Å². The molecule has 2 atom stereocenters. The molecule has 106 valence electrons. The molecule has 0 aromatic rings. The van der Waals surface area contributed by atoms with Crippen LogP contribution in [-0.4, -0.2) is 34.5 Å². The van der Waals surface area contributed by atoms with E-state index in [-0.39, 0.29) is 29.8 Å². The molecule has 0 bridgehead atoms. The molecule has 0 aromatic heterocycles. The van der Waals surface area contributed by atoms with E-state index in [1.807, 2.05) is 0 Å². The first-order chi connectivity index (χ1) is 9.06. The van der Waals surface area contributed by atoms with Gasteiger partial charge in [-0.05, 0) is 50.4 Å². The van der Waals surface area contributed by atoms with Crippen molar-refractivity contribution in [1.29, 1.82) is 0 Å². The minimum absolute atomic E-state index is 0.0309. The summed E-state index contributed by atoms with van der Waals surface area (Å²) >= 11 is 0. The Hall–Kier alpha value is -0.900. The predicted octanol–water partition coefficient (Wildman–Crippen LogP) is 1.57. The third-order valence-electron chi connectivity index (χ3n) is 5.22. The maximum Gasteiger partial charge on any atom is 0.233 e. The van der Waals surface area contributed by atoms with Gasteiger partial charge in [0.1, 0.15) is 0 Å². The van der Waals surface area contributed by atoms with E-state index in [9.17, 15) is 14.7 Å². The summed E-state index contributed by atoms with van der Waals surface area (Å²) in [5.74, 6) is 0.992. The molecule has 3 aliphatic rings. The van der Waals surface area contributed by atoms with Crippen molar-refractivity contribution in [1.82, 2.24) is 4.90 Å². The summed E-state index contributed by atoms with van der Waals surface area (Å²) in [7, 11) is 0. The molecule has 1 N–H and O–H groups in total. The molecule has 2 aliphatic carbocycles. The number of aliphatic hydroxyl groups excluding tert-OH is 1. The first-order valence-electron chi connectivity index (χ1n) is 7.59. The molecule has 4 heteroatoms. The lowest BCUT2D eigenvalue weighted by Crippen LogP contribution is -2.38.